The fourth-order valence-corrected chi connectivity index (χ4v) is 14.2. The fraction of sp³-hybridized carbons (Fsp3) is 0.951. The van der Waals surface area contributed by atoms with Gasteiger partial charge in [0, 0.05) is 25.7 Å². The van der Waals surface area contributed by atoms with Crippen molar-refractivity contribution in [1.29, 1.82) is 0 Å². The lowest BCUT2D eigenvalue weighted by Crippen LogP contribution is -2.30. The van der Waals surface area contributed by atoms with Crippen molar-refractivity contribution in [2.75, 3.05) is 39.6 Å². The van der Waals surface area contributed by atoms with Crippen molar-refractivity contribution in [2.24, 2.45) is 17.8 Å². The first-order valence-electron chi connectivity index (χ1n) is 42.4. The highest BCUT2D eigenvalue weighted by molar-refractivity contribution is 7.47. The average Bonchev–Trinajstić information content (AvgIpc) is 0.917. The van der Waals surface area contributed by atoms with Crippen molar-refractivity contribution in [1.82, 2.24) is 0 Å². The summed E-state index contributed by atoms with van der Waals surface area (Å²) in [7, 11) is -9.92. The molecule has 0 bridgehead atoms. The van der Waals surface area contributed by atoms with Crippen molar-refractivity contribution in [2.45, 2.75) is 446 Å². The normalized spacial score (nSPS) is 14.2. The molecule has 0 rings (SSSR count). The van der Waals surface area contributed by atoms with E-state index in [4.69, 9.17) is 37.0 Å². The summed E-state index contributed by atoms with van der Waals surface area (Å²) in [4.78, 5) is 73.1. The molecule has 0 saturated heterocycles. The molecule has 19 heteroatoms. The molecule has 0 amide bonds. The van der Waals surface area contributed by atoms with Gasteiger partial charge in [-0.3, -0.25) is 37.3 Å². The van der Waals surface area contributed by atoms with Gasteiger partial charge in [0.2, 0.25) is 0 Å². The molecular formula is C82H160O17P2. The summed E-state index contributed by atoms with van der Waals surface area (Å²) < 4.78 is 68.8. The smallest absolute Gasteiger partial charge is 0.462 e. The minimum Gasteiger partial charge on any atom is -0.462 e. The van der Waals surface area contributed by atoms with Crippen LogP contribution in [0.15, 0.2) is 0 Å². The van der Waals surface area contributed by atoms with Crippen LogP contribution in [0.5, 0.6) is 0 Å². The molecule has 0 aromatic carbocycles. The number of ether oxygens (including phenoxy) is 4. The zero-order valence-electron chi connectivity index (χ0n) is 66.4. The number of unbranched alkanes of at least 4 members (excludes halogenated alkanes) is 47. The number of aliphatic hydroxyl groups excluding tert-OH is 1. The second kappa shape index (κ2) is 72.3. The Bertz CT molecular complexity index is 1960. The number of hydrogen-bond donors (Lipinski definition) is 3. The first kappa shape index (κ1) is 99.1. The predicted octanol–water partition coefficient (Wildman–Crippen LogP) is 24.5. The summed E-state index contributed by atoms with van der Waals surface area (Å²) in [5.74, 6) is 0.240. The highest BCUT2D eigenvalue weighted by Gasteiger charge is 2.30. The quantitative estimate of drug-likeness (QED) is 0.0222. The van der Waals surface area contributed by atoms with Gasteiger partial charge in [-0.05, 0) is 43.4 Å². The molecule has 101 heavy (non-hydrogen) atoms. The van der Waals surface area contributed by atoms with Crippen LogP contribution in [-0.4, -0.2) is 96.7 Å². The number of carbonyl (C=O) groups is 4. The average molecular weight is 1480 g/mol. The van der Waals surface area contributed by atoms with E-state index in [1.54, 1.807) is 0 Å². The lowest BCUT2D eigenvalue weighted by Gasteiger charge is -2.21. The molecule has 0 aliphatic heterocycles. The van der Waals surface area contributed by atoms with Gasteiger partial charge in [0.05, 0.1) is 26.4 Å². The third-order valence-corrected chi connectivity index (χ3v) is 21.4. The van der Waals surface area contributed by atoms with Gasteiger partial charge in [-0.25, -0.2) is 9.13 Å². The summed E-state index contributed by atoms with van der Waals surface area (Å²) in [6, 6.07) is 0. The van der Waals surface area contributed by atoms with E-state index >= 15 is 0 Å². The maximum Gasteiger partial charge on any atom is 0.472 e. The minimum atomic E-state index is -4.96. The van der Waals surface area contributed by atoms with E-state index in [1.807, 2.05) is 0 Å². The van der Waals surface area contributed by atoms with Gasteiger partial charge in [-0.2, -0.15) is 0 Å². The first-order chi connectivity index (χ1) is 48.8. The highest BCUT2D eigenvalue weighted by Crippen LogP contribution is 2.45. The molecule has 0 fully saturated rings. The number of phosphoric ester groups is 2. The molecule has 0 heterocycles. The third-order valence-electron chi connectivity index (χ3n) is 19.5. The number of phosphoric acid groups is 2. The molecule has 0 spiro atoms. The molecule has 6 atom stereocenters. The van der Waals surface area contributed by atoms with Gasteiger partial charge in [0.1, 0.15) is 19.3 Å². The molecule has 0 aromatic rings. The topological polar surface area (TPSA) is 237 Å². The van der Waals surface area contributed by atoms with Crippen LogP contribution >= 0.6 is 15.6 Å². The van der Waals surface area contributed by atoms with Crippen LogP contribution in [0.1, 0.15) is 427 Å². The van der Waals surface area contributed by atoms with Crippen LogP contribution in [0.2, 0.25) is 0 Å². The van der Waals surface area contributed by atoms with Crippen molar-refractivity contribution in [3.63, 3.8) is 0 Å². The van der Waals surface area contributed by atoms with E-state index in [-0.39, 0.29) is 25.7 Å². The monoisotopic (exact) mass is 1480 g/mol. The Morgan fingerprint density at radius 1 is 0.287 bits per heavy atom. The lowest BCUT2D eigenvalue weighted by atomic mass is 9.99. The van der Waals surface area contributed by atoms with Crippen LogP contribution in [0, 0.1) is 17.8 Å². The van der Waals surface area contributed by atoms with Crippen LogP contribution in [0.25, 0.3) is 0 Å². The lowest BCUT2D eigenvalue weighted by molar-refractivity contribution is -0.161. The number of carbonyl (C=O) groups excluding carboxylic acids is 4. The Labute approximate surface area is 619 Å². The Morgan fingerprint density at radius 2 is 0.505 bits per heavy atom. The van der Waals surface area contributed by atoms with Gasteiger partial charge >= 0.3 is 39.5 Å². The second-order valence-corrected chi connectivity index (χ2v) is 33.6. The molecule has 3 unspecified atom stereocenters. The van der Waals surface area contributed by atoms with E-state index in [2.05, 4.69) is 48.5 Å². The molecular weight excluding hydrogens is 1320 g/mol. The molecule has 3 N–H and O–H groups in total. The number of rotatable bonds is 80. The van der Waals surface area contributed by atoms with Crippen molar-refractivity contribution in [3.05, 3.63) is 0 Å². The molecule has 17 nitrogen and oxygen atoms in total. The molecule has 0 radical (unpaired) electrons. The Balaban J connectivity index is 5.26. The van der Waals surface area contributed by atoms with Crippen LogP contribution in [-0.2, 0) is 65.4 Å². The summed E-state index contributed by atoms with van der Waals surface area (Å²) in [5.41, 5.74) is 0. The van der Waals surface area contributed by atoms with Gasteiger partial charge in [0.25, 0.3) is 0 Å². The molecule has 0 saturated carbocycles. The van der Waals surface area contributed by atoms with Crippen molar-refractivity contribution < 1.29 is 80.2 Å². The molecule has 600 valence electrons. The van der Waals surface area contributed by atoms with E-state index in [9.17, 15) is 43.2 Å². The van der Waals surface area contributed by atoms with E-state index in [0.29, 0.717) is 25.7 Å². The van der Waals surface area contributed by atoms with Gasteiger partial charge < -0.3 is 33.8 Å². The molecule has 0 aliphatic carbocycles. The van der Waals surface area contributed by atoms with Gasteiger partial charge in [-0.15, -0.1) is 0 Å². The summed E-state index contributed by atoms with van der Waals surface area (Å²) in [5, 5.41) is 10.7. The maximum atomic E-state index is 13.1. The predicted molar refractivity (Wildman–Crippen MR) is 414 cm³/mol. The van der Waals surface area contributed by atoms with Crippen LogP contribution in [0.4, 0.5) is 0 Å². The standard InChI is InChI=1S/C82H160O17P2/c1-8-10-11-12-13-14-15-16-17-18-19-23-29-34-42-49-56-63-79(84)92-69-77(98-81(86)65-58-51-44-35-30-24-21-20-22-28-33-41-48-55-62-75(7)9-2)71-96-100(88,89)94-67-76(83)68-95-101(90,91)97-72-78(70-93-80(85)64-57-50-43-38-37-40-47-54-61-74(5)6)99-82(87)66-59-52-45-36-31-26-25-27-32-39-46-53-60-73(3)4/h73-78,83H,8-72H2,1-7H3,(H,88,89)(H,90,91)/t75?,76-,77-,78-/m1/s1. The third kappa shape index (κ3) is 74.7. The molecule has 0 aromatic heterocycles. The van der Waals surface area contributed by atoms with E-state index in [0.717, 1.165) is 108 Å². The minimum absolute atomic E-state index is 0.106. The van der Waals surface area contributed by atoms with E-state index < -0.39 is 97.5 Å². The number of esters is 4. The van der Waals surface area contributed by atoms with Crippen molar-refractivity contribution >= 4 is 39.5 Å². The van der Waals surface area contributed by atoms with E-state index in [1.165, 1.54) is 238 Å². The molecule has 0 aliphatic rings. The first-order valence-corrected chi connectivity index (χ1v) is 45.4. The highest BCUT2D eigenvalue weighted by atomic mass is 31.2. The summed E-state index contributed by atoms with van der Waals surface area (Å²) in [6.07, 6.45) is 61.0. The van der Waals surface area contributed by atoms with Crippen LogP contribution in [0.3, 0.4) is 0 Å². The Hall–Kier alpha value is -1.94. The van der Waals surface area contributed by atoms with Crippen molar-refractivity contribution in [3.8, 4) is 0 Å². The van der Waals surface area contributed by atoms with Gasteiger partial charge in [0.15, 0.2) is 12.2 Å². The zero-order valence-corrected chi connectivity index (χ0v) is 68.2. The Morgan fingerprint density at radius 3 is 0.752 bits per heavy atom. The van der Waals surface area contributed by atoms with Gasteiger partial charge in [-0.1, -0.05) is 376 Å². The summed E-state index contributed by atoms with van der Waals surface area (Å²) >= 11 is 0. The summed E-state index contributed by atoms with van der Waals surface area (Å²) in [6.45, 7) is 12.0. The number of hydrogen-bond acceptors (Lipinski definition) is 15. The second-order valence-electron chi connectivity index (χ2n) is 30.7. The Kier molecular flexibility index (Phi) is 70.9. The zero-order chi connectivity index (χ0) is 74.4. The van der Waals surface area contributed by atoms with Crippen LogP contribution < -0.4 is 0 Å². The number of aliphatic hydroxyl groups is 1. The SMILES string of the molecule is CCCCCCCCCCCCCCCCCCCC(=O)OC[C@H](COP(=O)(O)OC[C@@H](O)COP(=O)(O)OC[C@@H](COC(=O)CCCCCCCCCCC(C)C)OC(=O)CCCCCCCCCCCCCCC(C)C)OC(=O)CCCCCCCCCCCCCCCCC(C)CC. The maximum absolute atomic E-state index is 13.1. The largest absolute Gasteiger partial charge is 0.472 e. The fourth-order valence-electron chi connectivity index (χ4n) is 12.6.